The summed E-state index contributed by atoms with van der Waals surface area (Å²) in [5, 5.41) is 3.18. The lowest BCUT2D eigenvalue weighted by Gasteiger charge is -2.10. The highest BCUT2D eigenvalue weighted by molar-refractivity contribution is 5.98. The Bertz CT molecular complexity index is 987. The maximum Gasteiger partial charge on any atom is 0.268 e. The molecule has 3 rings (SSSR count). The Labute approximate surface area is 144 Å². The van der Waals surface area contributed by atoms with Crippen molar-refractivity contribution < 1.29 is 9.53 Å². The highest BCUT2D eigenvalue weighted by Crippen LogP contribution is 2.17. The van der Waals surface area contributed by atoms with Crippen LogP contribution < -0.4 is 10.9 Å². The number of aryl methyl sites for hydroxylation is 1. The summed E-state index contributed by atoms with van der Waals surface area (Å²) in [6, 6.07) is 6.97. The third-order valence-corrected chi connectivity index (χ3v) is 3.95. The van der Waals surface area contributed by atoms with Gasteiger partial charge in [0.25, 0.3) is 11.5 Å². The van der Waals surface area contributed by atoms with E-state index in [2.05, 4.69) is 16.9 Å². The Hall–Kier alpha value is -2.93. The van der Waals surface area contributed by atoms with Gasteiger partial charge in [-0.1, -0.05) is 12.1 Å². The van der Waals surface area contributed by atoms with Gasteiger partial charge in [0.1, 0.15) is 17.0 Å². The van der Waals surface area contributed by atoms with E-state index in [0.29, 0.717) is 48.5 Å². The van der Waals surface area contributed by atoms with Crippen molar-refractivity contribution in [1.29, 1.82) is 0 Å². The number of nitrogens with one attached hydrogen (secondary N) is 1. The minimum Gasteiger partial charge on any atom is -0.385 e. The van der Waals surface area contributed by atoms with Crippen molar-refractivity contribution in [3.05, 3.63) is 59.2 Å². The summed E-state index contributed by atoms with van der Waals surface area (Å²) in [5.41, 5.74) is 1.28. The number of amides is 1. The summed E-state index contributed by atoms with van der Waals surface area (Å²) in [7, 11) is 1.63. The number of carbonyl (C=O) groups is 1. The molecule has 0 aliphatic heterocycles. The molecule has 7 nitrogen and oxygen atoms in total. The number of aromatic nitrogens is 3. The van der Waals surface area contributed by atoms with Crippen molar-refractivity contribution in [3.63, 3.8) is 0 Å². The van der Waals surface area contributed by atoms with Gasteiger partial charge in [0.2, 0.25) is 0 Å². The third kappa shape index (κ3) is 3.18. The number of pyridine rings is 1. The van der Waals surface area contributed by atoms with Crippen molar-refractivity contribution in [2.75, 3.05) is 20.3 Å². The number of fused-ring (bicyclic) bond motifs is 2. The van der Waals surface area contributed by atoms with E-state index in [1.807, 2.05) is 6.07 Å². The average molecular weight is 340 g/mol. The fourth-order valence-electron chi connectivity index (χ4n) is 2.79. The van der Waals surface area contributed by atoms with Crippen LogP contribution in [0, 0.1) is 0 Å². The van der Waals surface area contributed by atoms with Gasteiger partial charge >= 0.3 is 0 Å². The molecule has 0 bridgehead atoms. The molecular formula is C18H20N4O3. The van der Waals surface area contributed by atoms with Crippen molar-refractivity contribution in [2.24, 2.45) is 0 Å². The molecule has 0 aliphatic rings. The zero-order valence-corrected chi connectivity index (χ0v) is 14.1. The van der Waals surface area contributed by atoms with Gasteiger partial charge < -0.3 is 14.6 Å². The second kappa shape index (κ2) is 7.31. The average Bonchev–Trinajstić information content (AvgIpc) is 2.99. The first-order valence-corrected chi connectivity index (χ1v) is 8.06. The molecule has 0 unspecified atom stereocenters. The number of rotatable bonds is 7. The van der Waals surface area contributed by atoms with Crippen LogP contribution in [0.4, 0.5) is 0 Å². The van der Waals surface area contributed by atoms with E-state index in [9.17, 15) is 9.59 Å². The number of nitrogens with zero attached hydrogens (tertiary/aromatic N) is 3. The fraction of sp³-hybridized carbons (Fsp3) is 0.278. The molecule has 0 aromatic carbocycles. The fourth-order valence-corrected chi connectivity index (χ4v) is 2.79. The molecule has 0 atom stereocenters. The van der Waals surface area contributed by atoms with Gasteiger partial charge in [-0.25, -0.2) is 4.98 Å². The molecule has 1 N–H and O–H groups in total. The molecule has 3 aromatic heterocycles. The van der Waals surface area contributed by atoms with Crippen LogP contribution in [0.25, 0.3) is 16.7 Å². The second-order valence-electron chi connectivity index (χ2n) is 5.61. The molecule has 3 heterocycles. The summed E-state index contributed by atoms with van der Waals surface area (Å²) in [5.74, 6) is -0.260. The Kier molecular flexibility index (Phi) is 4.95. The quantitative estimate of drug-likeness (QED) is 0.523. The first kappa shape index (κ1) is 16.9. The van der Waals surface area contributed by atoms with Crippen LogP contribution in [-0.2, 0) is 11.3 Å². The molecule has 7 heteroatoms. The highest BCUT2D eigenvalue weighted by atomic mass is 16.5. The van der Waals surface area contributed by atoms with Crippen LogP contribution in [0.2, 0.25) is 0 Å². The molecule has 0 spiro atoms. The Morgan fingerprint density at radius 3 is 3.04 bits per heavy atom. The van der Waals surface area contributed by atoms with E-state index in [4.69, 9.17) is 4.74 Å². The standard InChI is InChI=1S/C18H20N4O3/c1-3-8-19-17(23)14-12-13-16(21(14)10-6-11-25-2)20-15-7-4-5-9-22(15)18(13)24/h3-5,7,9,12H,1,6,8,10-11H2,2H3,(H,19,23). The maximum atomic E-state index is 12.8. The van der Waals surface area contributed by atoms with Crippen LogP contribution >= 0.6 is 0 Å². The van der Waals surface area contributed by atoms with Gasteiger partial charge in [-0.15, -0.1) is 6.58 Å². The topological polar surface area (TPSA) is 77.6 Å². The first-order valence-electron chi connectivity index (χ1n) is 8.06. The maximum absolute atomic E-state index is 12.8. The normalized spacial score (nSPS) is 11.1. The number of ether oxygens (including phenoxy) is 1. The lowest BCUT2D eigenvalue weighted by molar-refractivity contribution is 0.0948. The van der Waals surface area contributed by atoms with Gasteiger partial charge in [0.15, 0.2) is 0 Å². The number of hydrogen-bond acceptors (Lipinski definition) is 4. The van der Waals surface area contributed by atoms with Gasteiger partial charge in [-0.3, -0.25) is 14.0 Å². The Balaban J connectivity index is 2.19. The lowest BCUT2D eigenvalue weighted by atomic mass is 10.3. The second-order valence-corrected chi connectivity index (χ2v) is 5.61. The minimum atomic E-state index is -0.260. The molecule has 0 aliphatic carbocycles. The molecule has 1 amide bonds. The molecule has 0 saturated carbocycles. The summed E-state index contributed by atoms with van der Waals surface area (Å²) < 4.78 is 8.36. The predicted octanol–water partition coefficient (Wildman–Crippen LogP) is 1.60. The van der Waals surface area contributed by atoms with Crippen LogP contribution in [-0.4, -0.2) is 40.1 Å². The summed E-state index contributed by atoms with van der Waals surface area (Å²) in [6.07, 6.45) is 3.99. The molecule has 0 radical (unpaired) electrons. The van der Waals surface area contributed by atoms with E-state index in [-0.39, 0.29) is 11.5 Å². The number of carbonyl (C=O) groups excluding carboxylic acids is 1. The molecule has 25 heavy (non-hydrogen) atoms. The van der Waals surface area contributed by atoms with E-state index < -0.39 is 0 Å². The van der Waals surface area contributed by atoms with E-state index in [0.717, 1.165) is 0 Å². The van der Waals surface area contributed by atoms with Crippen molar-refractivity contribution in [1.82, 2.24) is 19.3 Å². The summed E-state index contributed by atoms with van der Waals surface area (Å²) >= 11 is 0. The van der Waals surface area contributed by atoms with Gasteiger partial charge in [0.05, 0.1) is 5.39 Å². The van der Waals surface area contributed by atoms with E-state index in [1.54, 1.807) is 42.1 Å². The van der Waals surface area contributed by atoms with Crippen molar-refractivity contribution in [2.45, 2.75) is 13.0 Å². The van der Waals surface area contributed by atoms with Crippen LogP contribution in [0.3, 0.4) is 0 Å². The van der Waals surface area contributed by atoms with Gasteiger partial charge in [0, 0.05) is 33.0 Å². The van der Waals surface area contributed by atoms with Gasteiger partial charge in [-0.05, 0) is 24.6 Å². The SMILES string of the molecule is C=CCNC(=O)c1cc2c(=O)n3ccccc3nc2n1CCCOC. The Morgan fingerprint density at radius 1 is 1.44 bits per heavy atom. The predicted molar refractivity (Wildman–Crippen MR) is 96.0 cm³/mol. The van der Waals surface area contributed by atoms with Crippen LogP contribution in [0.5, 0.6) is 0 Å². The van der Waals surface area contributed by atoms with E-state index in [1.165, 1.54) is 4.40 Å². The largest absolute Gasteiger partial charge is 0.385 e. The smallest absolute Gasteiger partial charge is 0.268 e. The molecule has 0 saturated heterocycles. The minimum absolute atomic E-state index is 0.191. The van der Waals surface area contributed by atoms with E-state index >= 15 is 0 Å². The zero-order valence-electron chi connectivity index (χ0n) is 14.1. The van der Waals surface area contributed by atoms with Crippen molar-refractivity contribution in [3.8, 4) is 0 Å². The third-order valence-electron chi connectivity index (χ3n) is 3.95. The highest BCUT2D eigenvalue weighted by Gasteiger charge is 2.19. The van der Waals surface area contributed by atoms with Crippen LogP contribution in [0.1, 0.15) is 16.9 Å². The van der Waals surface area contributed by atoms with Crippen LogP contribution in [0.15, 0.2) is 47.9 Å². The van der Waals surface area contributed by atoms with Gasteiger partial charge in [-0.2, -0.15) is 0 Å². The molecule has 0 fully saturated rings. The lowest BCUT2D eigenvalue weighted by Crippen LogP contribution is -2.26. The van der Waals surface area contributed by atoms with Crippen molar-refractivity contribution >= 4 is 22.6 Å². The molecular weight excluding hydrogens is 320 g/mol. The number of hydrogen-bond donors (Lipinski definition) is 1. The zero-order chi connectivity index (χ0) is 17.8. The monoisotopic (exact) mass is 340 g/mol. The summed E-state index contributed by atoms with van der Waals surface area (Å²) in [4.78, 5) is 29.8. The molecule has 130 valence electrons. The summed E-state index contributed by atoms with van der Waals surface area (Å²) in [6.45, 7) is 5.04. The first-order chi connectivity index (χ1) is 12.2. The number of methoxy groups -OCH3 is 1. The molecule has 3 aromatic rings. The Morgan fingerprint density at radius 2 is 2.28 bits per heavy atom.